The highest BCUT2D eigenvalue weighted by Gasteiger charge is 2.20. The quantitative estimate of drug-likeness (QED) is 0.517. The van der Waals surface area contributed by atoms with Crippen LogP contribution < -0.4 is 0 Å². The molecule has 4 rings (SSSR count). The maximum atomic E-state index is 5.35. The van der Waals surface area contributed by atoms with Crippen LogP contribution in [0.15, 0.2) is 65.7 Å². The first-order chi connectivity index (χ1) is 12.6. The van der Waals surface area contributed by atoms with E-state index in [1.54, 1.807) is 12.5 Å². The van der Waals surface area contributed by atoms with Crippen molar-refractivity contribution in [2.24, 2.45) is 0 Å². The molecule has 0 spiro atoms. The maximum absolute atomic E-state index is 5.35. The van der Waals surface area contributed by atoms with Gasteiger partial charge in [-0.1, -0.05) is 30.3 Å². The van der Waals surface area contributed by atoms with Crippen molar-refractivity contribution in [3.63, 3.8) is 0 Å². The molecule has 0 radical (unpaired) electrons. The van der Waals surface area contributed by atoms with E-state index in [4.69, 9.17) is 9.40 Å². The van der Waals surface area contributed by atoms with Gasteiger partial charge in [0.05, 0.1) is 48.5 Å². The first-order valence-electron chi connectivity index (χ1n) is 8.79. The minimum absolute atomic E-state index is 0.197. The van der Waals surface area contributed by atoms with Crippen LogP contribution in [0.2, 0.25) is 0 Å². The predicted octanol–water partition coefficient (Wildman–Crippen LogP) is 4.88. The van der Waals surface area contributed by atoms with Crippen LogP contribution in [0.25, 0.3) is 22.5 Å². The second-order valence-corrected chi connectivity index (χ2v) is 6.69. The first kappa shape index (κ1) is 16.4. The minimum atomic E-state index is 0.197. The fourth-order valence-corrected chi connectivity index (χ4v) is 3.39. The summed E-state index contributed by atoms with van der Waals surface area (Å²) >= 11 is 0. The highest BCUT2D eigenvalue weighted by molar-refractivity contribution is 5.78. The van der Waals surface area contributed by atoms with Crippen LogP contribution in [-0.4, -0.2) is 19.3 Å². The Morgan fingerprint density at radius 3 is 2.54 bits per heavy atom. The molecule has 0 aliphatic heterocycles. The number of hydrogen-bond acceptors (Lipinski definition) is 3. The van der Waals surface area contributed by atoms with Gasteiger partial charge in [-0.15, -0.1) is 0 Å². The molecule has 1 atom stereocenters. The lowest BCUT2D eigenvalue weighted by atomic mass is 10.1. The summed E-state index contributed by atoms with van der Waals surface area (Å²) < 4.78 is 9.61. The summed E-state index contributed by atoms with van der Waals surface area (Å²) in [6.07, 6.45) is 5.39. The Bertz CT molecular complexity index is 996. The van der Waals surface area contributed by atoms with Gasteiger partial charge in [-0.05, 0) is 32.9 Å². The molecule has 3 aromatic heterocycles. The van der Waals surface area contributed by atoms with E-state index in [0.29, 0.717) is 0 Å². The average molecular weight is 346 g/mol. The summed E-state index contributed by atoms with van der Waals surface area (Å²) in [5.74, 6) is 0. The van der Waals surface area contributed by atoms with Crippen LogP contribution in [0.5, 0.6) is 0 Å². The monoisotopic (exact) mass is 346 g/mol. The SMILES string of the molecule is Cc1cc(C)n(C[C@H](C)n2cnc(-c3ccccc3)c2-c2ccoc2)n1. The van der Waals surface area contributed by atoms with E-state index in [1.807, 2.05) is 37.5 Å². The molecule has 5 nitrogen and oxygen atoms in total. The molecule has 0 unspecified atom stereocenters. The van der Waals surface area contributed by atoms with Gasteiger partial charge >= 0.3 is 0 Å². The van der Waals surface area contributed by atoms with Crippen molar-refractivity contribution in [2.45, 2.75) is 33.4 Å². The molecule has 0 saturated heterocycles. The Labute approximate surface area is 152 Å². The molecule has 0 fully saturated rings. The summed E-state index contributed by atoms with van der Waals surface area (Å²) in [5.41, 5.74) is 6.37. The van der Waals surface area contributed by atoms with Crippen LogP contribution in [-0.2, 0) is 6.54 Å². The van der Waals surface area contributed by atoms with Crippen LogP contribution in [0.4, 0.5) is 0 Å². The van der Waals surface area contributed by atoms with E-state index in [0.717, 1.165) is 34.8 Å². The topological polar surface area (TPSA) is 48.8 Å². The zero-order chi connectivity index (χ0) is 18.1. The number of furan rings is 1. The number of hydrogen-bond donors (Lipinski definition) is 0. The summed E-state index contributed by atoms with van der Waals surface area (Å²) in [4.78, 5) is 4.72. The summed E-state index contributed by atoms with van der Waals surface area (Å²) in [7, 11) is 0. The van der Waals surface area contributed by atoms with E-state index in [1.165, 1.54) is 5.69 Å². The lowest BCUT2D eigenvalue weighted by molar-refractivity contribution is 0.432. The van der Waals surface area contributed by atoms with Gasteiger partial charge in [-0.3, -0.25) is 4.68 Å². The number of imidazole rings is 1. The molecule has 3 heterocycles. The molecule has 0 amide bonds. The zero-order valence-corrected chi connectivity index (χ0v) is 15.3. The molecule has 0 aliphatic carbocycles. The third-order valence-electron chi connectivity index (χ3n) is 4.65. The zero-order valence-electron chi connectivity index (χ0n) is 15.3. The number of rotatable bonds is 5. The molecular formula is C21H22N4O. The van der Waals surface area contributed by atoms with Crippen LogP contribution in [0.3, 0.4) is 0 Å². The van der Waals surface area contributed by atoms with Gasteiger partial charge in [0.25, 0.3) is 0 Å². The van der Waals surface area contributed by atoms with Crippen molar-refractivity contribution in [1.29, 1.82) is 0 Å². The predicted molar refractivity (Wildman–Crippen MR) is 102 cm³/mol. The molecule has 0 N–H and O–H groups in total. The number of aryl methyl sites for hydroxylation is 2. The Morgan fingerprint density at radius 1 is 1.08 bits per heavy atom. The fraction of sp³-hybridized carbons (Fsp3) is 0.238. The Balaban J connectivity index is 1.76. The highest BCUT2D eigenvalue weighted by atomic mass is 16.3. The Morgan fingerprint density at radius 2 is 1.88 bits per heavy atom. The molecule has 0 saturated carbocycles. The van der Waals surface area contributed by atoms with Crippen LogP contribution >= 0.6 is 0 Å². The highest BCUT2D eigenvalue weighted by Crippen LogP contribution is 2.33. The third-order valence-corrected chi connectivity index (χ3v) is 4.65. The second-order valence-electron chi connectivity index (χ2n) is 6.69. The van der Waals surface area contributed by atoms with Crippen molar-refractivity contribution < 1.29 is 4.42 Å². The van der Waals surface area contributed by atoms with Gasteiger partial charge < -0.3 is 8.98 Å². The van der Waals surface area contributed by atoms with Gasteiger partial charge in [0.2, 0.25) is 0 Å². The number of nitrogens with zero attached hydrogens (tertiary/aromatic N) is 4. The van der Waals surface area contributed by atoms with Gasteiger partial charge in [0.15, 0.2) is 0 Å². The molecule has 0 bridgehead atoms. The van der Waals surface area contributed by atoms with E-state index >= 15 is 0 Å². The van der Waals surface area contributed by atoms with Gasteiger partial charge in [0.1, 0.15) is 0 Å². The summed E-state index contributed by atoms with van der Waals surface area (Å²) in [6.45, 7) is 7.09. The standard InChI is InChI=1S/C21H22N4O/c1-15-11-16(2)25(23-15)12-17(3)24-14-22-20(18-7-5-4-6-8-18)21(24)19-9-10-26-13-19/h4-11,13-14,17H,12H2,1-3H3/t17-/m0/s1. The van der Waals surface area contributed by atoms with Crippen molar-refractivity contribution in [3.05, 3.63) is 72.7 Å². The van der Waals surface area contributed by atoms with E-state index in [2.05, 4.69) is 46.4 Å². The first-order valence-corrected chi connectivity index (χ1v) is 8.79. The van der Waals surface area contributed by atoms with Gasteiger partial charge in [-0.2, -0.15) is 5.10 Å². The Kier molecular flexibility index (Phi) is 4.21. The maximum Gasteiger partial charge on any atom is 0.0996 e. The van der Waals surface area contributed by atoms with Crippen LogP contribution in [0.1, 0.15) is 24.4 Å². The van der Waals surface area contributed by atoms with Crippen molar-refractivity contribution in [3.8, 4) is 22.5 Å². The molecule has 0 aliphatic rings. The number of aromatic nitrogens is 4. The molecule has 132 valence electrons. The summed E-state index contributed by atoms with van der Waals surface area (Å²) in [6, 6.07) is 14.5. The van der Waals surface area contributed by atoms with E-state index in [-0.39, 0.29) is 6.04 Å². The lowest BCUT2D eigenvalue weighted by Gasteiger charge is -2.18. The fourth-order valence-electron chi connectivity index (χ4n) is 3.39. The largest absolute Gasteiger partial charge is 0.472 e. The van der Waals surface area contributed by atoms with E-state index < -0.39 is 0 Å². The van der Waals surface area contributed by atoms with Gasteiger partial charge in [-0.25, -0.2) is 4.98 Å². The average Bonchev–Trinajstić information content (AvgIpc) is 3.35. The third kappa shape index (κ3) is 2.96. The molecule has 4 aromatic rings. The van der Waals surface area contributed by atoms with Gasteiger partial charge in [0, 0.05) is 16.8 Å². The number of benzene rings is 1. The van der Waals surface area contributed by atoms with Crippen molar-refractivity contribution in [2.75, 3.05) is 0 Å². The minimum Gasteiger partial charge on any atom is -0.472 e. The normalized spacial score (nSPS) is 12.4. The molecule has 1 aromatic carbocycles. The molecular weight excluding hydrogens is 324 g/mol. The van der Waals surface area contributed by atoms with Crippen LogP contribution in [0, 0.1) is 13.8 Å². The second kappa shape index (κ2) is 6.67. The lowest BCUT2D eigenvalue weighted by Crippen LogP contribution is -2.15. The van der Waals surface area contributed by atoms with Crippen molar-refractivity contribution >= 4 is 0 Å². The Hall–Kier alpha value is -3.08. The summed E-state index contributed by atoms with van der Waals surface area (Å²) in [5, 5.41) is 4.60. The smallest absolute Gasteiger partial charge is 0.0996 e. The van der Waals surface area contributed by atoms with E-state index in [9.17, 15) is 0 Å². The molecule has 5 heteroatoms. The van der Waals surface area contributed by atoms with Crippen molar-refractivity contribution in [1.82, 2.24) is 19.3 Å². The molecule has 26 heavy (non-hydrogen) atoms.